The number of aromatic nitrogens is 3. The highest BCUT2D eigenvalue weighted by Gasteiger charge is 2.27. The van der Waals surface area contributed by atoms with Crippen molar-refractivity contribution >= 4 is 15.9 Å². The molecule has 2 aromatic rings. The van der Waals surface area contributed by atoms with Gasteiger partial charge in [0.1, 0.15) is 0 Å². The summed E-state index contributed by atoms with van der Waals surface area (Å²) in [4.78, 5) is 4.15. The molecule has 0 N–H and O–H groups in total. The van der Waals surface area contributed by atoms with Gasteiger partial charge in [0.05, 0.1) is 0 Å². The third kappa shape index (κ3) is 2.28. The van der Waals surface area contributed by atoms with E-state index >= 15 is 0 Å². The van der Waals surface area contributed by atoms with E-state index in [2.05, 4.69) is 26.0 Å². The Morgan fingerprint density at radius 2 is 2.05 bits per heavy atom. The number of halogens is 4. The molecule has 1 unspecified atom stereocenters. The fraction of sp³-hybridized carbons (Fsp3) is 0.333. The Labute approximate surface area is 120 Å². The first-order valence-electron chi connectivity index (χ1n) is 5.96. The normalized spacial score (nSPS) is 17.9. The molecule has 0 saturated carbocycles. The van der Waals surface area contributed by atoms with Crippen molar-refractivity contribution in [2.24, 2.45) is 0 Å². The summed E-state index contributed by atoms with van der Waals surface area (Å²) >= 11 is 3.16. The lowest BCUT2D eigenvalue weighted by atomic mass is 10.1. The maximum atomic E-state index is 13.6. The summed E-state index contributed by atoms with van der Waals surface area (Å²) in [6, 6.07) is 1.90. The van der Waals surface area contributed by atoms with Crippen molar-refractivity contribution in [3.8, 4) is 5.75 Å². The zero-order valence-corrected chi connectivity index (χ0v) is 11.7. The quantitative estimate of drug-likeness (QED) is 0.782. The molecule has 20 heavy (non-hydrogen) atoms. The number of ether oxygens (including phenoxy) is 1. The average Bonchev–Trinajstić information content (AvgIpc) is 2.81. The van der Waals surface area contributed by atoms with Gasteiger partial charge in [-0.3, -0.25) is 0 Å². The van der Waals surface area contributed by atoms with E-state index in [9.17, 15) is 13.2 Å². The highest BCUT2D eigenvalue weighted by atomic mass is 79.9. The van der Waals surface area contributed by atoms with Crippen LogP contribution in [0.5, 0.6) is 5.75 Å². The molecule has 1 atom stereocenters. The molecule has 1 aromatic heterocycles. The summed E-state index contributed by atoms with van der Waals surface area (Å²) in [7, 11) is 0. The van der Waals surface area contributed by atoms with E-state index < -0.39 is 23.6 Å². The van der Waals surface area contributed by atoms with Gasteiger partial charge in [-0.05, 0) is 40.9 Å². The van der Waals surface area contributed by atoms with Crippen molar-refractivity contribution < 1.29 is 17.9 Å². The van der Waals surface area contributed by atoms with Gasteiger partial charge in [-0.25, -0.2) is 18.4 Å². The predicted molar refractivity (Wildman–Crippen MR) is 66.6 cm³/mol. The number of fused-ring (bicyclic) bond motifs is 1. The van der Waals surface area contributed by atoms with Gasteiger partial charge in [0.25, 0.3) is 0 Å². The van der Waals surface area contributed by atoms with Gasteiger partial charge in [0.2, 0.25) is 10.6 Å². The minimum Gasteiger partial charge on any atom is -0.479 e. The first kappa shape index (κ1) is 13.4. The maximum Gasteiger partial charge on any atom is 0.217 e. The van der Waals surface area contributed by atoms with Crippen LogP contribution in [0.15, 0.2) is 16.9 Å². The lowest BCUT2D eigenvalue weighted by Crippen LogP contribution is -2.21. The molecule has 1 aromatic carbocycles. The molecular formula is C12H9BrF3N3O. The van der Waals surface area contributed by atoms with Crippen LogP contribution < -0.4 is 4.74 Å². The second kappa shape index (κ2) is 5.08. The van der Waals surface area contributed by atoms with Gasteiger partial charge in [-0.2, -0.15) is 4.39 Å². The van der Waals surface area contributed by atoms with Crippen LogP contribution in [0, 0.1) is 17.5 Å². The Balaban J connectivity index is 1.91. The molecule has 106 valence electrons. The van der Waals surface area contributed by atoms with E-state index in [1.165, 1.54) is 0 Å². The Bertz CT molecular complexity index is 662. The summed E-state index contributed by atoms with van der Waals surface area (Å²) in [5, 5.41) is 4.11. The minimum absolute atomic E-state index is 0.332. The van der Waals surface area contributed by atoms with Crippen LogP contribution in [0.25, 0.3) is 0 Å². The molecule has 1 aliphatic rings. The van der Waals surface area contributed by atoms with Crippen molar-refractivity contribution in [1.82, 2.24) is 14.8 Å². The van der Waals surface area contributed by atoms with Crippen molar-refractivity contribution in [3.63, 3.8) is 0 Å². The van der Waals surface area contributed by atoms with Crippen LogP contribution in [0.2, 0.25) is 0 Å². The number of hydrogen-bond acceptors (Lipinski definition) is 3. The number of rotatable bonds is 2. The molecule has 0 radical (unpaired) electrons. The highest BCUT2D eigenvalue weighted by molar-refractivity contribution is 9.10. The van der Waals surface area contributed by atoms with Crippen LogP contribution >= 0.6 is 15.9 Å². The fourth-order valence-corrected chi connectivity index (χ4v) is 2.52. The van der Waals surface area contributed by atoms with E-state index in [0.717, 1.165) is 18.6 Å². The topological polar surface area (TPSA) is 39.9 Å². The van der Waals surface area contributed by atoms with Crippen LogP contribution in [-0.2, 0) is 6.54 Å². The van der Waals surface area contributed by atoms with Gasteiger partial charge in [-0.1, -0.05) is 0 Å². The van der Waals surface area contributed by atoms with Crippen molar-refractivity contribution in [2.45, 2.75) is 25.5 Å². The molecule has 0 spiro atoms. The molecule has 1 aliphatic heterocycles. The van der Waals surface area contributed by atoms with Gasteiger partial charge < -0.3 is 4.74 Å². The molecule has 0 fully saturated rings. The van der Waals surface area contributed by atoms with E-state index in [-0.39, 0.29) is 5.75 Å². The van der Waals surface area contributed by atoms with E-state index in [1.807, 2.05) is 0 Å². The molecular weight excluding hydrogens is 339 g/mol. The summed E-state index contributed by atoms with van der Waals surface area (Å²) < 4.78 is 47.2. The lowest BCUT2D eigenvalue weighted by Gasteiger charge is -2.23. The Hall–Kier alpha value is -1.57. The molecule has 2 heterocycles. The Morgan fingerprint density at radius 1 is 1.25 bits per heavy atom. The van der Waals surface area contributed by atoms with Gasteiger partial charge >= 0.3 is 0 Å². The average molecular weight is 348 g/mol. The van der Waals surface area contributed by atoms with Crippen LogP contribution in [-0.4, -0.2) is 14.8 Å². The van der Waals surface area contributed by atoms with E-state index in [4.69, 9.17) is 4.74 Å². The molecule has 4 nitrogen and oxygen atoms in total. The SMILES string of the molecule is Fc1ccc(OC2CCCn3nc(Br)nc32)c(F)c1F. The van der Waals surface area contributed by atoms with Crippen LogP contribution in [0.1, 0.15) is 24.8 Å². The third-order valence-corrected chi connectivity index (χ3v) is 3.40. The number of hydrogen-bond donors (Lipinski definition) is 0. The number of nitrogens with zero attached hydrogens (tertiary/aromatic N) is 3. The summed E-state index contributed by atoms with van der Waals surface area (Å²) in [6.45, 7) is 0.689. The van der Waals surface area contributed by atoms with Gasteiger partial charge in [-0.15, -0.1) is 5.10 Å². The largest absolute Gasteiger partial charge is 0.479 e. The monoisotopic (exact) mass is 347 g/mol. The smallest absolute Gasteiger partial charge is 0.217 e. The second-order valence-electron chi connectivity index (χ2n) is 4.38. The minimum atomic E-state index is -1.54. The zero-order valence-electron chi connectivity index (χ0n) is 10.1. The predicted octanol–water partition coefficient (Wildman–Crippen LogP) is 3.37. The summed E-state index contributed by atoms with van der Waals surface area (Å²) in [5.41, 5.74) is 0. The van der Waals surface area contributed by atoms with Crippen molar-refractivity contribution in [3.05, 3.63) is 40.1 Å². The molecule has 3 rings (SSSR count). The first-order chi connectivity index (χ1) is 9.56. The molecule has 0 bridgehead atoms. The molecule has 0 amide bonds. The maximum absolute atomic E-state index is 13.6. The zero-order chi connectivity index (χ0) is 14.3. The fourth-order valence-electron chi connectivity index (χ4n) is 2.15. The van der Waals surface area contributed by atoms with Crippen LogP contribution in [0.4, 0.5) is 13.2 Å². The van der Waals surface area contributed by atoms with Gasteiger partial charge in [0.15, 0.2) is 29.3 Å². The molecule has 0 aliphatic carbocycles. The molecule has 0 saturated heterocycles. The van der Waals surface area contributed by atoms with Crippen molar-refractivity contribution in [2.75, 3.05) is 0 Å². The summed E-state index contributed by atoms with van der Waals surface area (Å²) in [5.74, 6) is -3.92. The highest BCUT2D eigenvalue weighted by Crippen LogP contribution is 2.32. The van der Waals surface area contributed by atoms with Gasteiger partial charge in [0, 0.05) is 6.54 Å². The van der Waals surface area contributed by atoms with Crippen molar-refractivity contribution in [1.29, 1.82) is 0 Å². The molecule has 8 heteroatoms. The third-order valence-electron chi connectivity index (χ3n) is 3.07. The first-order valence-corrected chi connectivity index (χ1v) is 6.76. The lowest BCUT2D eigenvalue weighted by molar-refractivity contribution is 0.147. The number of benzene rings is 1. The second-order valence-corrected chi connectivity index (χ2v) is 5.09. The van der Waals surface area contributed by atoms with E-state index in [0.29, 0.717) is 23.5 Å². The Kier molecular flexibility index (Phi) is 3.41. The Morgan fingerprint density at radius 3 is 2.85 bits per heavy atom. The summed E-state index contributed by atoms with van der Waals surface area (Å²) in [6.07, 6.45) is 0.837. The standard InChI is InChI=1S/C12H9BrF3N3O/c13-12-17-11-8(2-1-5-19(11)18-12)20-7-4-3-6(14)9(15)10(7)16/h3-4,8H,1-2,5H2. The van der Waals surface area contributed by atoms with E-state index in [1.54, 1.807) is 4.68 Å². The number of aryl methyl sites for hydroxylation is 1. The van der Waals surface area contributed by atoms with Crippen LogP contribution in [0.3, 0.4) is 0 Å².